The molecule has 0 unspecified atom stereocenters. The van der Waals surface area contributed by atoms with Crippen molar-refractivity contribution in [2.75, 3.05) is 12.4 Å². The first kappa shape index (κ1) is 17.7. The van der Waals surface area contributed by atoms with E-state index in [-0.39, 0.29) is 11.4 Å². The number of ether oxygens (including phenoxy) is 2. The van der Waals surface area contributed by atoms with Crippen molar-refractivity contribution in [3.63, 3.8) is 0 Å². The molecule has 0 aromatic heterocycles. The summed E-state index contributed by atoms with van der Waals surface area (Å²) >= 11 is 0. The lowest BCUT2D eigenvalue weighted by Gasteiger charge is -2.15. The lowest BCUT2D eigenvalue weighted by atomic mass is 10.2. The summed E-state index contributed by atoms with van der Waals surface area (Å²) in [7, 11) is 1.39. The zero-order chi connectivity index (χ0) is 18.4. The normalized spacial score (nSPS) is 11.1. The van der Waals surface area contributed by atoms with E-state index < -0.39 is 16.9 Å². The van der Waals surface area contributed by atoms with E-state index in [4.69, 9.17) is 14.7 Å². The fourth-order valence-corrected chi connectivity index (χ4v) is 2.03. The predicted octanol–water partition coefficient (Wildman–Crippen LogP) is 2.88. The molecule has 0 aliphatic heterocycles. The smallest absolute Gasteiger partial charge is 0.296 e. The molecule has 0 heterocycles. The minimum absolute atomic E-state index is 0.0389. The summed E-state index contributed by atoms with van der Waals surface area (Å²) in [5.41, 5.74) is 0.152. The Labute approximate surface area is 143 Å². The molecule has 128 valence electrons. The Balaban J connectivity index is 2.13. The number of nitrogens with one attached hydrogen (secondary N) is 1. The van der Waals surface area contributed by atoms with Gasteiger partial charge in [0.1, 0.15) is 17.2 Å². The van der Waals surface area contributed by atoms with Crippen LogP contribution in [-0.2, 0) is 4.79 Å². The second kappa shape index (κ2) is 7.79. The molecular formula is C17H15N3O5. The molecule has 0 saturated carbocycles. The third-order valence-corrected chi connectivity index (χ3v) is 3.30. The molecule has 0 aliphatic rings. The molecule has 2 aromatic carbocycles. The first-order valence-corrected chi connectivity index (χ1v) is 7.24. The van der Waals surface area contributed by atoms with Crippen molar-refractivity contribution >= 4 is 17.3 Å². The number of carbonyl (C=O) groups is 1. The molecule has 0 bridgehead atoms. The standard InChI is InChI=1S/C17H15N3O5/c1-11(25-14-5-3-4-12(8-14)10-18)17(21)19-15-7-6-13(24-2)9-16(15)20(22)23/h3-9,11H,1-2H3,(H,19,21)/t11-/m0/s1. The van der Waals surface area contributed by atoms with Gasteiger partial charge in [-0.05, 0) is 37.3 Å². The maximum atomic E-state index is 12.2. The molecule has 2 aromatic rings. The van der Waals surface area contributed by atoms with Crippen molar-refractivity contribution in [3.8, 4) is 17.6 Å². The van der Waals surface area contributed by atoms with Crippen LogP contribution in [-0.4, -0.2) is 24.0 Å². The summed E-state index contributed by atoms with van der Waals surface area (Å²) in [6.07, 6.45) is -0.921. The lowest BCUT2D eigenvalue weighted by Crippen LogP contribution is -2.30. The van der Waals surface area contributed by atoms with Gasteiger partial charge in [0.15, 0.2) is 6.10 Å². The summed E-state index contributed by atoms with van der Waals surface area (Å²) in [6.45, 7) is 1.50. The van der Waals surface area contributed by atoms with Gasteiger partial charge in [0, 0.05) is 0 Å². The molecule has 25 heavy (non-hydrogen) atoms. The molecule has 0 aliphatic carbocycles. The van der Waals surface area contributed by atoms with Crippen LogP contribution in [0.5, 0.6) is 11.5 Å². The van der Waals surface area contributed by atoms with E-state index in [2.05, 4.69) is 5.32 Å². The van der Waals surface area contributed by atoms with Gasteiger partial charge >= 0.3 is 0 Å². The van der Waals surface area contributed by atoms with Gasteiger partial charge in [0.2, 0.25) is 0 Å². The molecule has 0 fully saturated rings. The molecule has 1 atom stereocenters. The van der Waals surface area contributed by atoms with Crippen molar-refractivity contribution in [1.29, 1.82) is 5.26 Å². The van der Waals surface area contributed by atoms with Crippen LogP contribution in [0.1, 0.15) is 12.5 Å². The number of nitrogens with zero attached hydrogens (tertiary/aromatic N) is 2. The largest absolute Gasteiger partial charge is 0.496 e. The molecule has 1 N–H and O–H groups in total. The maximum Gasteiger partial charge on any atom is 0.296 e. The van der Waals surface area contributed by atoms with E-state index in [0.29, 0.717) is 17.1 Å². The molecule has 0 saturated heterocycles. The summed E-state index contributed by atoms with van der Waals surface area (Å²) in [6, 6.07) is 12.4. The average Bonchev–Trinajstić information content (AvgIpc) is 2.61. The molecular weight excluding hydrogens is 326 g/mol. The minimum Gasteiger partial charge on any atom is -0.496 e. The van der Waals surface area contributed by atoms with E-state index in [9.17, 15) is 14.9 Å². The zero-order valence-electron chi connectivity index (χ0n) is 13.6. The Kier molecular flexibility index (Phi) is 5.53. The Hall–Kier alpha value is -3.60. The van der Waals surface area contributed by atoms with Crippen molar-refractivity contribution in [3.05, 3.63) is 58.1 Å². The minimum atomic E-state index is -0.921. The molecule has 2 rings (SSSR count). The monoisotopic (exact) mass is 341 g/mol. The number of hydrogen-bond acceptors (Lipinski definition) is 6. The molecule has 0 spiro atoms. The van der Waals surface area contributed by atoms with Gasteiger partial charge in [-0.15, -0.1) is 0 Å². The number of carbonyl (C=O) groups excluding carboxylic acids is 1. The Morgan fingerprint density at radius 3 is 2.68 bits per heavy atom. The van der Waals surface area contributed by atoms with Crippen LogP contribution in [0.2, 0.25) is 0 Å². The lowest BCUT2D eigenvalue weighted by molar-refractivity contribution is -0.384. The number of benzene rings is 2. The van der Waals surface area contributed by atoms with E-state index in [0.717, 1.165) is 0 Å². The van der Waals surface area contributed by atoms with Crippen LogP contribution in [0.3, 0.4) is 0 Å². The van der Waals surface area contributed by atoms with E-state index in [1.54, 1.807) is 18.2 Å². The van der Waals surface area contributed by atoms with Gasteiger partial charge in [-0.3, -0.25) is 14.9 Å². The Bertz CT molecular complexity index is 844. The second-order valence-corrected chi connectivity index (χ2v) is 5.03. The fourth-order valence-electron chi connectivity index (χ4n) is 2.03. The molecule has 8 heteroatoms. The highest BCUT2D eigenvalue weighted by atomic mass is 16.6. The van der Waals surface area contributed by atoms with Gasteiger partial charge < -0.3 is 14.8 Å². The number of hydrogen-bond donors (Lipinski definition) is 1. The predicted molar refractivity (Wildman–Crippen MR) is 89.5 cm³/mol. The third-order valence-electron chi connectivity index (χ3n) is 3.30. The van der Waals surface area contributed by atoms with E-state index in [1.165, 1.54) is 38.3 Å². The van der Waals surface area contributed by atoms with E-state index in [1.807, 2.05) is 6.07 Å². The van der Waals surface area contributed by atoms with Crippen LogP contribution >= 0.6 is 0 Å². The summed E-state index contributed by atoms with van der Waals surface area (Å²) in [4.78, 5) is 22.8. The van der Waals surface area contributed by atoms with Crippen LogP contribution in [0.15, 0.2) is 42.5 Å². The highest BCUT2D eigenvalue weighted by molar-refractivity contribution is 5.96. The van der Waals surface area contributed by atoms with Gasteiger partial charge in [-0.1, -0.05) is 6.07 Å². The number of nitro benzene ring substituents is 1. The number of rotatable bonds is 6. The maximum absolute atomic E-state index is 12.2. The number of nitriles is 1. The van der Waals surface area contributed by atoms with Gasteiger partial charge in [0.25, 0.3) is 11.6 Å². The van der Waals surface area contributed by atoms with Crippen LogP contribution in [0.4, 0.5) is 11.4 Å². The number of nitro groups is 1. The molecule has 1 amide bonds. The number of amides is 1. The Morgan fingerprint density at radius 1 is 1.28 bits per heavy atom. The van der Waals surface area contributed by atoms with Crippen molar-refractivity contribution < 1.29 is 19.2 Å². The van der Waals surface area contributed by atoms with Crippen LogP contribution in [0.25, 0.3) is 0 Å². The second-order valence-electron chi connectivity index (χ2n) is 5.03. The zero-order valence-corrected chi connectivity index (χ0v) is 13.6. The topological polar surface area (TPSA) is 114 Å². The first-order valence-electron chi connectivity index (χ1n) is 7.24. The van der Waals surface area contributed by atoms with Crippen molar-refractivity contribution in [1.82, 2.24) is 0 Å². The van der Waals surface area contributed by atoms with Crippen LogP contribution < -0.4 is 14.8 Å². The summed E-state index contributed by atoms with van der Waals surface area (Å²) in [5.74, 6) is 0.101. The quantitative estimate of drug-likeness (QED) is 0.638. The summed E-state index contributed by atoms with van der Waals surface area (Å²) < 4.78 is 10.4. The number of methoxy groups -OCH3 is 1. The number of anilines is 1. The summed E-state index contributed by atoms with van der Waals surface area (Å²) in [5, 5.41) is 22.5. The first-order chi connectivity index (χ1) is 11.9. The van der Waals surface area contributed by atoms with Gasteiger partial charge in [-0.25, -0.2) is 0 Å². The van der Waals surface area contributed by atoms with Gasteiger partial charge in [-0.2, -0.15) is 5.26 Å². The highest BCUT2D eigenvalue weighted by Gasteiger charge is 2.21. The van der Waals surface area contributed by atoms with Crippen molar-refractivity contribution in [2.45, 2.75) is 13.0 Å². The van der Waals surface area contributed by atoms with Crippen molar-refractivity contribution in [2.24, 2.45) is 0 Å². The Morgan fingerprint density at radius 2 is 2.04 bits per heavy atom. The molecule has 0 radical (unpaired) electrons. The highest BCUT2D eigenvalue weighted by Crippen LogP contribution is 2.29. The SMILES string of the molecule is COc1ccc(NC(=O)[C@H](C)Oc2cccc(C#N)c2)c([N+](=O)[O-])c1. The van der Waals surface area contributed by atoms with Crippen LogP contribution in [0, 0.1) is 21.4 Å². The average molecular weight is 341 g/mol. The molecule has 8 nitrogen and oxygen atoms in total. The third kappa shape index (κ3) is 4.45. The van der Waals surface area contributed by atoms with Gasteiger partial charge in [0.05, 0.1) is 29.7 Å². The van der Waals surface area contributed by atoms with E-state index >= 15 is 0 Å². The fraction of sp³-hybridized carbons (Fsp3) is 0.176.